The maximum Gasteiger partial charge on any atom is 0.307 e. The molecule has 0 aromatic carbocycles. The minimum absolute atomic E-state index is 0.00810. The summed E-state index contributed by atoms with van der Waals surface area (Å²) in [6.45, 7) is 0. The summed E-state index contributed by atoms with van der Waals surface area (Å²) in [6.07, 6.45) is 0.652. The fourth-order valence-corrected chi connectivity index (χ4v) is 1.64. The molecule has 0 saturated heterocycles. The van der Waals surface area contributed by atoms with Crippen molar-refractivity contribution in [2.75, 3.05) is 0 Å². The first-order chi connectivity index (χ1) is 4.61. The van der Waals surface area contributed by atoms with E-state index in [1.807, 2.05) is 0 Å². The number of amidine groups is 1. The zero-order chi connectivity index (χ0) is 7.72. The molecule has 0 aliphatic heterocycles. The molecule has 1 fully saturated rings. The van der Waals surface area contributed by atoms with Crippen molar-refractivity contribution < 1.29 is 9.90 Å². The fourth-order valence-electron chi connectivity index (χ4n) is 0.725. The number of nitrogens with two attached hydrogens (primary N) is 1. The molecule has 1 aliphatic rings. The zero-order valence-corrected chi connectivity index (χ0v) is 6.02. The Balaban J connectivity index is 2.26. The van der Waals surface area contributed by atoms with Crippen LogP contribution in [0.2, 0.25) is 0 Å². The van der Waals surface area contributed by atoms with Crippen molar-refractivity contribution >= 4 is 22.9 Å². The highest BCUT2D eigenvalue weighted by atomic mass is 32.2. The molecule has 4 nitrogen and oxygen atoms in total. The van der Waals surface area contributed by atoms with Crippen LogP contribution in [-0.2, 0) is 4.79 Å². The van der Waals surface area contributed by atoms with Crippen LogP contribution in [0.4, 0.5) is 0 Å². The summed E-state index contributed by atoms with van der Waals surface area (Å²) in [4.78, 5) is 10.2. The Labute approximate surface area is 62.3 Å². The van der Waals surface area contributed by atoms with Gasteiger partial charge in [-0.1, -0.05) is 11.8 Å². The zero-order valence-electron chi connectivity index (χ0n) is 5.20. The average Bonchev–Trinajstić information content (AvgIpc) is 2.43. The number of hydrogen-bond acceptors (Lipinski definition) is 3. The molecule has 0 spiro atoms. The summed E-state index contributed by atoms with van der Waals surface area (Å²) >= 11 is 1.14. The fraction of sp³-hybridized carbons (Fsp3) is 0.600. The quantitative estimate of drug-likeness (QED) is 0.394. The first kappa shape index (κ1) is 7.40. The van der Waals surface area contributed by atoms with E-state index >= 15 is 0 Å². The van der Waals surface area contributed by atoms with Crippen LogP contribution in [0, 0.1) is 11.3 Å². The number of carboxylic acids is 1. The molecule has 1 aliphatic carbocycles. The second-order valence-electron chi connectivity index (χ2n) is 2.20. The number of hydrogen-bond donors (Lipinski definition) is 3. The van der Waals surface area contributed by atoms with Gasteiger partial charge in [-0.2, -0.15) is 0 Å². The molecule has 1 saturated carbocycles. The number of thioether (sulfide) groups is 1. The third-order valence-electron chi connectivity index (χ3n) is 1.33. The standard InChI is InChI=1S/C5H8N2O2S/c6-5(7)10-3-1-2(3)4(8)9/h2-3H,1H2,(H3,6,7)(H,8,9). The van der Waals surface area contributed by atoms with E-state index in [-0.39, 0.29) is 16.3 Å². The van der Waals surface area contributed by atoms with Crippen LogP contribution in [0.3, 0.4) is 0 Å². The van der Waals surface area contributed by atoms with E-state index in [9.17, 15) is 4.79 Å². The van der Waals surface area contributed by atoms with Gasteiger partial charge in [0, 0.05) is 5.25 Å². The lowest BCUT2D eigenvalue weighted by Gasteiger charge is -1.92. The van der Waals surface area contributed by atoms with E-state index in [2.05, 4.69) is 0 Å². The van der Waals surface area contributed by atoms with Gasteiger partial charge in [-0.05, 0) is 6.42 Å². The maximum atomic E-state index is 10.2. The van der Waals surface area contributed by atoms with Crippen molar-refractivity contribution in [2.24, 2.45) is 11.7 Å². The molecular formula is C5H8N2O2S. The normalized spacial score (nSPS) is 29.6. The van der Waals surface area contributed by atoms with Gasteiger partial charge in [0.15, 0.2) is 5.17 Å². The van der Waals surface area contributed by atoms with Crippen molar-refractivity contribution in [2.45, 2.75) is 11.7 Å². The largest absolute Gasteiger partial charge is 0.481 e. The smallest absolute Gasteiger partial charge is 0.307 e. The van der Waals surface area contributed by atoms with Crippen LogP contribution < -0.4 is 5.73 Å². The van der Waals surface area contributed by atoms with E-state index in [0.29, 0.717) is 6.42 Å². The molecule has 10 heavy (non-hydrogen) atoms. The Morgan fingerprint density at radius 1 is 1.80 bits per heavy atom. The maximum absolute atomic E-state index is 10.2. The molecule has 4 N–H and O–H groups in total. The molecule has 0 aromatic heterocycles. The Kier molecular flexibility index (Phi) is 1.85. The second kappa shape index (κ2) is 2.49. The lowest BCUT2D eigenvalue weighted by molar-refractivity contribution is -0.138. The molecule has 56 valence electrons. The summed E-state index contributed by atoms with van der Waals surface area (Å²) < 4.78 is 0. The van der Waals surface area contributed by atoms with Crippen molar-refractivity contribution in [3.8, 4) is 0 Å². The Hall–Kier alpha value is -0.710. The van der Waals surface area contributed by atoms with Crippen LogP contribution >= 0.6 is 11.8 Å². The highest BCUT2D eigenvalue weighted by molar-refractivity contribution is 8.14. The Bertz CT molecular complexity index is 182. The minimum Gasteiger partial charge on any atom is -0.481 e. The van der Waals surface area contributed by atoms with Gasteiger partial charge in [0.25, 0.3) is 0 Å². The van der Waals surface area contributed by atoms with Gasteiger partial charge >= 0.3 is 5.97 Å². The summed E-state index contributed by atoms with van der Waals surface area (Å²) in [7, 11) is 0. The van der Waals surface area contributed by atoms with E-state index in [1.54, 1.807) is 0 Å². The molecule has 0 bridgehead atoms. The number of aliphatic carboxylic acids is 1. The number of nitrogens with one attached hydrogen (secondary N) is 1. The molecule has 2 atom stereocenters. The van der Waals surface area contributed by atoms with Crippen LogP contribution in [0.5, 0.6) is 0 Å². The van der Waals surface area contributed by atoms with Crippen molar-refractivity contribution in [3.63, 3.8) is 0 Å². The van der Waals surface area contributed by atoms with Crippen LogP contribution in [0.15, 0.2) is 0 Å². The van der Waals surface area contributed by atoms with Gasteiger partial charge in [-0.3, -0.25) is 10.2 Å². The van der Waals surface area contributed by atoms with E-state index in [0.717, 1.165) is 11.8 Å². The Morgan fingerprint density at radius 3 is 2.70 bits per heavy atom. The number of rotatable bonds is 2. The molecule has 0 heterocycles. The number of carbonyl (C=O) groups is 1. The van der Waals surface area contributed by atoms with Gasteiger partial charge in [0.2, 0.25) is 0 Å². The molecule has 0 radical (unpaired) electrons. The van der Waals surface area contributed by atoms with E-state index < -0.39 is 5.97 Å². The average molecular weight is 160 g/mol. The first-order valence-corrected chi connectivity index (χ1v) is 3.72. The third kappa shape index (κ3) is 1.63. The van der Waals surface area contributed by atoms with Gasteiger partial charge in [-0.25, -0.2) is 0 Å². The predicted molar refractivity (Wildman–Crippen MR) is 39.0 cm³/mol. The molecular weight excluding hydrogens is 152 g/mol. The van der Waals surface area contributed by atoms with Gasteiger partial charge in [0.1, 0.15) is 0 Å². The summed E-state index contributed by atoms with van der Waals surface area (Å²) in [6, 6.07) is 0. The van der Waals surface area contributed by atoms with Crippen molar-refractivity contribution in [3.05, 3.63) is 0 Å². The summed E-state index contributed by atoms with van der Waals surface area (Å²) in [5, 5.41) is 15.3. The van der Waals surface area contributed by atoms with Gasteiger partial charge < -0.3 is 10.8 Å². The highest BCUT2D eigenvalue weighted by Gasteiger charge is 2.44. The predicted octanol–water partition coefficient (Wildman–Crippen LogP) is 0.0862. The molecule has 0 amide bonds. The topological polar surface area (TPSA) is 87.2 Å². The summed E-state index contributed by atoms with van der Waals surface area (Å²) in [5.74, 6) is -1.05. The minimum atomic E-state index is -0.779. The Morgan fingerprint density at radius 2 is 2.40 bits per heavy atom. The van der Waals surface area contributed by atoms with Crippen LogP contribution in [0.1, 0.15) is 6.42 Å². The van der Waals surface area contributed by atoms with Gasteiger partial charge in [0.05, 0.1) is 5.92 Å². The SMILES string of the molecule is N=C(N)SC1CC1C(=O)O. The lowest BCUT2D eigenvalue weighted by Crippen LogP contribution is -2.07. The highest BCUT2D eigenvalue weighted by Crippen LogP contribution is 2.41. The molecule has 5 heteroatoms. The van der Waals surface area contributed by atoms with Crippen LogP contribution in [-0.4, -0.2) is 21.5 Å². The monoisotopic (exact) mass is 160 g/mol. The van der Waals surface area contributed by atoms with Gasteiger partial charge in [-0.15, -0.1) is 0 Å². The van der Waals surface area contributed by atoms with Crippen LogP contribution in [0.25, 0.3) is 0 Å². The summed E-state index contributed by atoms with van der Waals surface area (Å²) in [5.41, 5.74) is 5.05. The van der Waals surface area contributed by atoms with Crippen molar-refractivity contribution in [1.29, 1.82) is 5.41 Å². The molecule has 2 unspecified atom stereocenters. The van der Waals surface area contributed by atoms with Crippen molar-refractivity contribution in [1.82, 2.24) is 0 Å². The third-order valence-corrected chi connectivity index (χ3v) is 2.41. The lowest BCUT2D eigenvalue weighted by atomic mass is 10.4. The number of carboxylic acid groups (broad SMARTS) is 1. The first-order valence-electron chi connectivity index (χ1n) is 2.84. The van der Waals surface area contributed by atoms with E-state index in [1.165, 1.54) is 0 Å². The molecule has 0 aromatic rings. The molecule has 1 rings (SSSR count). The van der Waals surface area contributed by atoms with E-state index in [4.69, 9.17) is 16.2 Å². The second-order valence-corrected chi connectivity index (χ2v) is 3.48.